The first kappa shape index (κ1) is 12.9. The van der Waals surface area contributed by atoms with Crippen molar-refractivity contribution in [2.45, 2.75) is 18.6 Å². The fourth-order valence-corrected chi connectivity index (χ4v) is 1.42. The molecule has 5 N–H and O–H groups in total. The normalized spacial score (nSPS) is 14.8. The van der Waals surface area contributed by atoms with Crippen LogP contribution in [0.2, 0.25) is 0 Å². The SMILES string of the molecule is CNCCC(O)C(O)c1ccc(F)c(N)c1. The van der Waals surface area contributed by atoms with Gasteiger partial charge in [-0.05, 0) is 37.7 Å². The molecule has 0 bridgehead atoms. The predicted octanol–water partition coefficient (Wildman–Crippen LogP) is 0.412. The Morgan fingerprint density at radius 3 is 2.69 bits per heavy atom. The number of halogens is 1. The van der Waals surface area contributed by atoms with E-state index in [4.69, 9.17) is 5.73 Å². The second-order valence-electron chi connectivity index (χ2n) is 3.69. The first-order valence-electron chi connectivity index (χ1n) is 5.12. The topological polar surface area (TPSA) is 78.5 Å². The summed E-state index contributed by atoms with van der Waals surface area (Å²) in [6.45, 7) is 0.592. The van der Waals surface area contributed by atoms with Crippen LogP contribution in [0.25, 0.3) is 0 Å². The maximum Gasteiger partial charge on any atom is 0.146 e. The van der Waals surface area contributed by atoms with Crippen molar-refractivity contribution in [3.05, 3.63) is 29.6 Å². The van der Waals surface area contributed by atoms with E-state index in [2.05, 4.69) is 5.32 Å². The smallest absolute Gasteiger partial charge is 0.146 e. The van der Waals surface area contributed by atoms with E-state index >= 15 is 0 Å². The van der Waals surface area contributed by atoms with Crippen LogP contribution in [0.4, 0.5) is 10.1 Å². The summed E-state index contributed by atoms with van der Waals surface area (Å²) in [5.41, 5.74) is 5.77. The van der Waals surface area contributed by atoms with Crippen LogP contribution in [0.3, 0.4) is 0 Å². The molecule has 4 nitrogen and oxygen atoms in total. The maximum atomic E-state index is 12.9. The summed E-state index contributed by atoms with van der Waals surface area (Å²) < 4.78 is 12.9. The molecule has 0 amide bonds. The van der Waals surface area contributed by atoms with Crippen molar-refractivity contribution in [2.24, 2.45) is 0 Å². The van der Waals surface area contributed by atoms with E-state index in [1.165, 1.54) is 18.2 Å². The van der Waals surface area contributed by atoms with Crippen LogP contribution in [0.15, 0.2) is 18.2 Å². The Morgan fingerprint density at radius 1 is 1.44 bits per heavy atom. The number of nitrogen functional groups attached to an aromatic ring is 1. The van der Waals surface area contributed by atoms with Crippen molar-refractivity contribution in [2.75, 3.05) is 19.3 Å². The van der Waals surface area contributed by atoms with Gasteiger partial charge in [0, 0.05) is 0 Å². The Hall–Kier alpha value is -1.17. The highest BCUT2D eigenvalue weighted by Crippen LogP contribution is 2.22. The molecular weight excluding hydrogens is 211 g/mol. The molecule has 0 aliphatic carbocycles. The van der Waals surface area contributed by atoms with Crippen LogP contribution < -0.4 is 11.1 Å². The summed E-state index contributed by atoms with van der Waals surface area (Å²) in [6.07, 6.45) is -1.52. The van der Waals surface area contributed by atoms with Gasteiger partial charge in [0.1, 0.15) is 11.9 Å². The molecule has 0 aliphatic rings. The summed E-state index contributed by atoms with van der Waals surface area (Å²) in [4.78, 5) is 0. The van der Waals surface area contributed by atoms with E-state index in [-0.39, 0.29) is 5.69 Å². The highest BCUT2D eigenvalue weighted by molar-refractivity contribution is 5.43. The van der Waals surface area contributed by atoms with Crippen LogP contribution in [0.1, 0.15) is 18.1 Å². The number of aliphatic hydroxyl groups excluding tert-OH is 2. The lowest BCUT2D eigenvalue weighted by molar-refractivity contribution is 0.0140. The van der Waals surface area contributed by atoms with E-state index < -0.39 is 18.0 Å². The van der Waals surface area contributed by atoms with Gasteiger partial charge in [0.05, 0.1) is 11.8 Å². The molecule has 0 radical (unpaired) electrons. The lowest BCUT2D eigenvalue weighted by atomic mass is 10.0. The number of rotatable bonds is 5. The van der Waals surface area contributed by atoms with Crippen LogP contribution >= 0.6 is 0 Å². The minimum Gasteiger partial charge on any atom is -0.396 e. The van der Waals surface area contributed by atoms with Gasteiger partial charge in [0.25, 0.3) is 0 Å². The van der Waals surface area contributed by atoms with E-state index in [1.807, 2.05) is 0 Å². The molecule has 2 unspecified atom stereocenters. The van der Waals surface area contributed by atoms with Gasteiger partial charge in [-0.2, -0.15) is 0 Å². The molecule has 0 saturated carbocycles. The largest absolute Gasteiger partial charge is 0.396 e. The average molecular weight is 228 g/mol. The number of aliphatic hydroxyl groups is 2. The lowest BCUT2D eigenvalue weighted by Crippen LogP contribution is -2.23. The molecule has 0 aliphatic heterocycles. The van der Waals surface area contributed by atoms with Gasteiger partial charge in [-0.1, -0.05) is 6.07 Å². The lowest BCUT2D eigenvalue weighted by Gasteiger charge is -2.18. The summed E-state index contributed by atoms with van der Waals surface area (Å²) in [7, 11) is 1.76. The zero-order chi connectivity index (χ0) is 12.1. The Labute approximate surface area is 93.9 Å². The maximum absolute atomic E-state index is 12.9. The van der Waals surface area contributed by atoms with Crippen LogP contribution in [-0.4, -0.2) is 29.9 Å². The van der Waals surface area contributed by atoms with Crippen molar-refractivity contribution in [1.29, 1.82) is 0 Å². The van der Waals surface area contributed by atoms with Crippen molar-refractivity contribution in [1.82, 2.24) is 5.32 Å². The first-order chi connectivity index (χ1) is 7.56. The molecule has 0 aromatic heterocycles. The summed E-state index contributed by atoms with van der Waals surface area (Å²) in [5.74, 6) is -0.527. The average Bonchev–Trinajstić information content (AvgIpc) is 2.28. The molecule has 0 fully saturated rings. The summed E-state index contributed by atoms with van der Waals surface area (Å²) in [5, 5.41) is 22.3. The molecule has 0 saturated heterocycles. The highest BCUT2D eigenvalue weighted by atomic mass is 19.1. The second-order valence-corrected chi connectivity index (χ2v) is 3.69. The molecule has 0 spiro atoms. The van der Waals surface area contributed by atoms with Gasteiger partial charge >= 0.3 is 0 Å². The minimum absolute atomic E-state index is 0.0302. The van der Waals surface area contributed by atoms with Crippen molar-refractivity contribution in [3.63, 3.8) is 0 Å². The zero-order valence-corrected chi connectivity index (χ0v) is 9.15. The number of nitrogens with one attached hydrogen (secondary N) is 1. The third-order valence-electron chi connectivity index (χ3n) is 2.42. The first-order valence-corrected chi connectivity index (χ1v) is 5.12. The fraction of sp³-hybridized carbons (Fsp3) is 0.455. The summed E-state index contributed by atoms with van der Waals surface area (Å²) >= 11 is 0. The Kier molecular flexibility index (Phi) is 4.67. The van der Waals surface area contributed by atoms with Gasteiger partial charge in [0.2, 0.25) is 0 Å². The predicted molar refractivity (Wildman–Crippen MR) is 60.3 cm³/mol. The fourth-order valence-electron chi connectivity index (χ4n) is 1.42. The Morgan fingerprint density at radius 2 is 2.12 bits per heavy atom. The third-order valence-corrected chi connectivity index (χ3v) is 2.42. The molecular formula is C11H17FN2O2. The second kappa shape index (κ2) is 5.79. The molecule has 1 aromatic carbocycles. The number of hydrogen-bond acceptors (Lipinski definition) is 4. The Balaban J connectivity index is 2.71. The van der Waals surface area contributed by atoms with Gasteiger partial charge in [-0.25, -0.2) is 4.39 Å². The molecule has 5 heteroatoms. The van der Waals surface area contributed by atoms with Crippen LogP contribution in [-0.2, 0) is 0 Å². The zero-order valence-electron chi connectivity index (χ0n) is 9.15. The molecule has 90 valence electrons. The standard InChI is InChI=1S/C11H17FN2O2/c1-14-5-4-10(15)11(16)7-2-3-8(12)9(13)6-7/h2-3,6,10-11,14-16H,4-5,13H2,1H3. The van der Waals surface area contributed by atoms with Crippen molar-refractivity contribution >= 4 is 5.69 Å². The molecule has 1 aromatic rings. The van der Waals surface area contributed by atoms with E-state index in [0.717, 1.165) is 0 Å². The van der Waals surface area contributed by atoms with E-state index in [0.29, 0.717) is 18.5 Å². The molecule has 2 atom stereocenters. The van der Waals surface area contributed by atoms with Gasteiger partial charge in [-0.15, -0.1) is 0 Å². The van der Waals surface area contributed by atoms with Crippen molar-refractivity contribution in [3.8, 4) is 0 Å². The number of nitrogens with two attached hydrogens (primary N) is 1. The molecule has 16 heavy (non-hydrogen) atoms. The molecule has 1 rings (SSSR count). The van der Waals surface area contributed by atoms with Crippen LogP contribution in [0.5, 0.6) is 0 Å². The quantitative estimate of drug-likeness (QED) is 0.550. The minimum atomic E-state index is -1.05. The van der Waals surface area contributed by atoms with Crippen molar-refractivity contribution < 1.29 is 14.6 Å². The van der Waals surface area contributed by atoms with Crippen LogP contribution in [0, 0.1) is 5.82 Å². The van der Waals surface area contributed by atoms with E-state index in [1.54, 1.807) is 7.05 Å². The Bertz CT molecular complexity index is 347. The number of hydrogen-bond donors (Lipinski definition) is 4. The van der Waals surface area contributed by atoms with Gasteiger partial charge in [-0.3, -0.25) is 0 Å². The highest BCUT2D eigenvalue weighted by Gasteiger charge is 2.18. The third kappa shape index (κ3) is 3.16. The molecule has 0 heterocycles. The van der Waals surface area contributed by atoms with E-state index in [9.17, 15) is 14.6 Å². The number of benzene rings is 1. The summed E-state index contributed by atoms with van der Waals surface area (Å²) in [6, 6.07) is 3.93. The van der Waals surface area contributed by atoms with Gasteiger partial charge in [0.15, 0.2) is 0 Å². The number of anilines is 1. The van der Waals surface area contributed by atoms with Gasteiger partial charge < -0.3 is 21.3 Å². The monoisotopic (exact) mass is 228 g/mol.